The molecule has 3 aromatic rings. The minimum absolute atomic E-state index is 0. The van der Waals surface area contributed by atoms with Crippen molar-refractivity contribution in [3.8, 4) is 11.1 Å². The van der Waals surface area contributed by atoms with Crippen molar-refractivity contribution in [2.75, 3.05) is 23.3 Å². The molecule has 0 saturated carbocycles. The Morgan fingerprint density at radius 1 is 0.969 bits per heavy atom. The molecule has 6 heteroatoms. The molecular formula is C26H32N4OS. The summed E-state index contributed by atoms with van der Waals surface area (Å²) >= 11 is 0. The number of nitrogens with zero attached hydrogens (tertiary/aromatic N) is 2. The smallest absolute Gasteiger partial charge is 0.259 e. The van der Waals surface area contributed by atoms with E-state index in [0.717, 1.165) is 53.1 Å². The highest BCUT2D eigenvalue weighted by Gasteiger charge is 2.27. The molecule has 1 aliphatic heterocycles. The number of rotatable bonds is 4. The molecule has 2 aromatic carbocycles. The normalized spacial score (nSPS) is 15.4. The number of hydrogen-bond acceptors (Lipinski definition) is 4. The Labute approximate surface area is 197 Å². The second kappa shape index (κ2) is 9.76. The van der Waals surface area contributed by atoms with E-state index in [2.05, 4.69) is 53.3 Å². The van der Waals surface area contributed by atoms with Gasteiger partial charge in [-0.25, -0.2) is 0 Å². The van der Waals surface area contributed by atoms with Crippen LogP contribution in [0.15, 0.2) is 48.8 Å². The fourth-order valence-corrected chi connectivity index (χ4v) is 4.54. The maximum absolute atomic E-state index is 13.4. The van der Waals surface area contributed by atoms with Crippen molar-refractivity contribution in [1.82, 2.24) is 4.98 Å². The van der Waals surface area contributed by atoms with Gasteiger partial charge < -0.3 is 16.0 Å². The van der Waals surface area contributed by atoms with Crippen LogP contribution in [0.3, 0.4) is 0 Å². The molecule has 0 radical (unpaired) electrons. The lowest BCUT2D eigenvalue weighted by Crippen LogP contribution is -2.29. The third-order valence-corrected chi connectivity index (χ3v) is 5.72. The molecule has 32 heavy (non-hydrogen) atoms. The van der Waals surface area contributed by atoms with Gasteiger partial charge in [0, 0.05) is 42.8 Å². The topological polar surface area (TPSA) is 71.2 Å². The molecule has 2 heterocycles. The molecule has 1 saturated heterocycles. The van der Waals surface area contributed by atoms with E-state index >= 15 is 0 Å². The summed E-state index contributed by atoms with van der Waals surface area (Å²) in [5.74, 6) is -0.154. The van der Waals surface area contributed by atoms with Gasteiger partial charge in [-0.15, -0.1) is 0 Å². The molecule has 4 rings (SSSR count). The highest BCUT2D eigenvalue weighted by atomic mass is 32.1. The molecule has 0 unspecified atom stereocenters. The molecular weight excluding hydrogens is 416 g/mol. The summed E-state index contributed by atoms with van der Waals surface area (Å²) in [5.41, 5.74) is 15.1. The average molecular weight is 449 g/mol. The fraction of sp³-hybridized carbons (Fsp3) is 0.308. The Morgan fingerprint density at radius 2 is 1.56 bits per heavy atom. The number of nitrogens with one attached hydrogen (secondary N) is 1. The number of pyridine rings is 1. The van der Waals surface area contributed by atoms with E-state index in [1.54, 1.807) is 6.20 Å². The molecule has 3 N–H and O–H groups in total. The summed E-state index contributed by atoms with van der Waals surface area (Å²) in [4.78, 5) is 20.1. The first-order valence-corrected chi connectivity index (χ1v) is 10.8. The highest BCUT2D eigenvalue weighted by Crippen LogP contribution is 2.36. The van der Waals surface area contributed by atoms with Crippen LogP contribution in [-0.2, 0) is 0 Å². The summed E-state index contributed by atoms with van der Waals surface area (Å²) in [7, 11) is 0. The summed E-state index contributed by atoms with van der Waals surface area (Å²) in [6, 6.07) is 12.6. The second-order valence-electron chi connectivity index (χ2n) is 8.78. The number of nitrogens with two attached hydrogens (primary N) is 1. The second-order valence-corrected chi connectivity index (χ2v) is 8.78. The summed E-state index contributed by atoms with van der Waals surface area (Å²) in [5, 5.41) is 3.08. The van der Waals surface area contributed by atoms with Gasteiger partial charge in [0.05, 0.1) is 11.3 Å². The van der Waals surface area contributed by atoms with Crippen molar-refractivity contribution in [2.45, 2.75) is 40.2 Å². The van der Waals surface area contributed by atoms with Crippen LogP contribution in [-0.4, -0.2) is 30.0 Å². The molecule has 1 aliphatic rings. The van der Waals surface area contributed by atoms with E-state index < -0.39 is 0 Å². The zero-order valence-electron chi connectivity index (χ0n) is 19.2. The summed E-state index contributed by atoms with van der Waals surface area (Å²) in [6.07, 6.45) is 4.44. The van der Waals surface area contributed by atoms with E-state index in [1.165, 1.54) is 11.1 Å². The van der Waals surface area contributed by atoms with Crippen molar-refractivity contribution >= 4 is 30.8 Å². The van der Waals surface area contributed by atoms with Crippen LogP contribution in [0, 0.1) is 27.7 Å². The number of amides is 1. The molecule has 168 valence electrons. The monoisotopic (exact) mass is 448 g/mol. The quantitative estimate of drug-likeness (QED) is 0.596. The molecule has 1 amide bonds. The van der Waals surface area contributed by atoms with Crippen molar-refractivity contribution in [2.24, 2.45) is 5.73 Å². The number of aromatic nitrogens is 1. The molecule has 1 atom stereocenters. The Bertz CT molecular complexity index is 1100. The van der Waals surface area contributed by atoms with E-state index in [1.807, 2.05) is 32.2 Å². The number of benzene rings is 2. The summed E-state index contributed by atoms with van der Waals surface area (Å²) < 4.78 is 0. The van der Waals surface area contributed by atoms with Gasteiger partial charge in [-0.05, 0) is 62.9 Å². The predicted octanol–water partition coefficient (Wildman–Crippen LogP) is 4.88. The van der Waals surface area contributed by atoms with Crippen molar-refractivity contribution in [1.29, 1.82) is 0 Å². The Morgan fingerprint density at radius 3 is 2.12 bits per heavy atom. The lowest BCUT2D eigenvalue weighted by atomic mass is 9.98. The van der Waals surface area contributed by atoms with Gasteiger partial charge in [0.15, 0.2) is 0 Å². The third kappa shape index (κ3) is 5.14. The van der Waals surface area contributed by atoms with E-state index in [4.69, 9.17) is 5.73 Å². The van der Waals surface area contributed by atoms with Gasteiger partial charge in [0.25, 0.3) is 5.91 Å². The number of carbonyl (C=O) groups is 1. The first-order chi connectivity index (χ1) is 14.8. The van der Waals surface area contributed by atoms with Gasteiger partial charge >= 0.3 is 0 Å². The van der Waals surface area contributed by atoms with Crippen molar-refractivity contribution in [3.63, 3.8) is 0 Å². The Hall–Kier alpha value is -2.83. The number of carbonyl (C=O) groups excluding carboxylic acids is 1. The van der Waals surface area contributed by atoms with Crippen LogP contribution in [0.2, 0.25) is 0 Å². The van der Waals surface area contributed by atoms with E-state index in [-0.39, 0.29) is 25.4 Å². The van der Waals surface area contributed by atoms with Crippen molar-refractivity contribution in [3.05, 3.63) is 76.6 Å². The van der Waals surface area contributed by atoms with Gasteiger partial charge in [-0.3, -0.25) is 9.78 Å². The van der Waals surface area contributed by atoms with Gasteiger partial charge in [0.2, 0.25) is 0 Å². The number of aryl methyl sites for hydroxylation is 4. The molecule has 1 fully saturated rings. The van der Waals surface area contributed by atoms with Gasteiger partial charge in [0.1, 0.15) is 0 Å². The standard InChI is InChI=1S/C26H30N4O.H2S/c1-16-7-17(2)10-20(9-16)23-13-28-14-24(25(23)30-6-5-21(27)15-30)26(31)29-22-11-18(3)8-19(4)12-22;/h7-14,21H,5-6,15,27H2,1-4H3,(H,29,31);1H2/t21-;/m0./s1. The maximum Gasteiger partial charge on any atom is 0.259 e. The number of hydrogen-bond donors (Lipinski definition) is 2. The Balaban J connectivity index is 0.00000289. The molecule has 0 spiro atoms. The van der Waals surface area contributed by atoms with Crippen LogP contribution in [0.5, 0.6) is 0 Å². The predicted molar refractivity (Wildman–Crippen MR) is 138 cm³/mol. The van der Waals surface area contributed by atoms with Gasteiger partial charge in [-0.1, -0.05) is 35.4 Å². The fourth-order valence-electron chi connectivity index (χ4n) is 4.54. The first-order valence-electron chi connectivity index (χ1n) is 10.8. The lowest BCUT2D eigenvalue weighted by molar-refractivity contribution is 0.102. The van der Waals surface area contributed by atoms with Crippen LogP contribution in [0.25, 0.3) is 11.1 Å². The zero-order valence-corrected chi connectivity index (χ0v) is 20.2. The van der Waals surface area contributed by atoms with E-state index in [0.29, 0.717) is 5.56 Å². The van der Waals surface area contributed by atoms with Crippen LogP contribution in [0.1, 0.15) is 39.0 Å². The average Bonchev–Trinajstić information content (AvgIpc) is 3.11. The zero-order chi connectivity index (χ0) is 22.1. The van der Waals surface area contributed by atoms with Gasteiger partial charge in [-0.2, -0.15) is 13.5 Å². The van der Waals surface area contributed by atoms with Crippen LogP contribution >= 0.6 is 13.5 Å². The molecule has 0 aliphatic carbocycles. The molecule has 0 bridgehead atoms. The summed E-state index contributed by atoms with van der Waals surface area (Å²) in [6.45, 7) is 9.79. The minimum atomic E-state index is -0.154. The lowest BCUT2D eigenvalue weighted by Gasteiger charge is -2.25. The molecule has 5 nitrogen and oxygen atoms in total. The van der Waals surface area contributed by atoms with Crippen LogP contribution in [0.4, 0.5) is 11.4 Å². The van der Waals surface area contributed by atoms with Crippen molar-refractivity contribution < 1.29 is 4.79 Å². The molecule has 1 aromatic heterocycles. The SMILES string of the molecule is Cc1cc(C)cc(NC(=O)c2cncc(-c3cc(C)cc(C)c3)c2N2CC[C@H](N)C2)c1.S. The highest BCUT2D eigenvalue weighted by molar-refractivity contribution is 7.59. The Kier molecular flexibility index (Phi) is 7.26. The first kappa shape index (κ1) is 23.8. The number of anilines is 2. The van der Waals surface area contributed by atoms with Crippen LogP contribution < -0.4 is 16.0 Å². The largest absolute Gasteiger partial charge is 0.369 e. The minimum Gasteiger partial charge on any atom is -0.369 e. The third-order valence-electron chi connectivity index (χ3n) is 5.72. The maximum atomic E-state index is 13.4. The van der Waals surface area contributed by atoms with E-state index in [9.17, 15) is 4.79 Å².